The molecule has 1 aromatic rings. The lowest BCUT2D eigenvalue weighted by Gasteiger charge is -2.30. The molecule has 2 N–H and O–H groups in total. The van der Waals surface area contributed by atoms with E-state index < -0.39 is 10.8 Å². The van der Waals surface area contributed by atoms with Crippen LogP contribution < -0.4 is 10.6 Å². The molecule has 0 saturated heterocycles. The first-order valence-corrected chi connectivity index (χ1v) is 12.1. The highest BCUT2D eigenvalue weighted by atomic mass is 32.2. The minimum absolute atomic E-state index is 0.342. The van der Waals surface area contributed by atoms with Crippen LogP contribution in [0.4, 0.5) is 0 Å². The third kappa shape index (κ3) is 7.31. The molecule has 3 atom stereocenters. The number of thioether (sulfide) groups is 1. The van der Waals surface area contributed by atoms with Crippen molar-refractivity contribution in [3.63, 3.8) is 0 Å². The van der Waals surface area contributed by atoms with Crippen molar-refractivity contribution in [3.8, 4) is 0 Å². The Hall–Kier alpha value is -1.01. The summed E-state index contributed by atoms with van der Waals surface area (Å²) in [5, 5.41) is 7.28. The smallest absolute Gasteiger partial charge is 0.191 e. The predicted octanol–water partition coefficient (Wildman–Crippen LogP) is 3.47. The lowest BCUT2D eigenvalue weighted by molar-refractivity contribution is 0.414. The van der Waals surface area contributed by atoms with Gasteiger partial charge in [-0.1, -0.05) is 43.2 Å². The molecule has 1 aliphatic rings. The number of nitrogens with zero attached hydrogens (tertiary/aromatic N) is 1. The number of guanidine groups is 1. The monoisotopic (exact) mass is 395 g/mol. The van der Waals surface area contributed by atoms with Crippen LogP contribution in [0.15, 0.2) is 29.3 Å². The van der Waals surface area contributed by atoms with Crippen LogP contribution in [0.25, 0.3) is 0 Å². The zero-order chi connectivity index (χ0) is 18.8. The van der Waals surface area contributed by atoms with E-state index in [0.29, 0.717) is 11.3 Å². The molecule has 6 heteroatoms. The maximum atomic E-state index is 12.1. The first kappa shape index (κ1) is 21.3. The topological polar surface area (TPSA) is 53.5 Å². The molecule has 0 amide bonds. The second kappa shape index (κ2) is 11.7. The van der Waals surface area contributed by atoms with E-state index in [1.807, 2.05) is 25.7 Å². The third-order valence-corrected chi connectivity index (χ3v) is 7.55. The maximum absolute atomic E-state index is 12.1. The number of aryl methyl sites for hydroxylation is 1. The fourth-order valence-electron chi connectivity index (χ4n) is 3.25. The van der Waals surface area contributed by atoms with Crippen molar-refractivity contribution in [1.82, 2.24) is 10.6 Å². The van der Waals surface area contributed by atoms with E-state index in [4.69, 9.17) is 0 Å². The highest BCUT2D eigenvalue weighted by molar-refractivity contribution is 7.98. The largest absolute Gasteiger partial charge is 0.356 e. The molecule has 0 aromatic heterocycles. The van der Waals surface area contributed by atoms with Crippen molar-refractivity contribution in [2.24, 2.45) is 4.99 Å². The van der Waals surface area contributed by atoms with Crippen LogP contribution >= 0.6 is 11.8 Å². The molecular weight excluding hydrogens is 362 g/mol. The summed E-state index contributed by atoms with van der Waals surface area (Å²) in [6.07, 6.45) is 4.38. The van der Waals surface area contributed by atoms with Crippen molar-refractivity contribution in [2.45, 2.75) is 56.6 Å². The van der Waals surface area contributed by atoms with Crippen LogP contribution in [-0.2, 0) is 16.6 Å². The van der Waals surface area contributed by atoms with Crippen molar-refractivity contribution in [3.05, 3.63) is 35.4 Å². The Bertz CT molecular complexity index is 589. The van der Waals surface area contributed by atoms with Crippen molar-refractivity contribution < 1.29 is 4.21 Å². The van der Waals surface area contributed by atoms with Gasteiger partial charge in [0.1, 0.15) is 0 Å². The Labute approximate surface area is 165 Å². The zero-order valence-corrected chi connectivity index (χ0v) is 17.9. The molecule has 2 rings (SSSR count). The summed E-state index contributed by atoms with van der Waals surface area (Å²) in [7, 11) is 1.14. The number of hydrogen-bond acceptors (Lipinski definition) is 3. The standard InChI is InChI=1S/C20H33N3OS2/c1-4-26(24)19-7-5-6-18(14-19)23-20(21-3)22-12-13-25-15-17-10-8-16(2)9-11-17/h8-11,18-19H,4-7,12-15H2,1-3H3,(H2,21,22,23). The summed E-state index contributed by atoms with van der Waals surface area (Å²) in [6, 6.07) is 9.13. The van der Waals surface area contributed by atoms with E-state index in [1.165, 1.54) is 11.1 Å². The Morgan fingerprint density at radius 3 is 2.77 bits per heavy atom. The molecule has 3 unspecified atom stereocenters. The second-order valence-corrected chi connectivity index (χ2v) is 9.95. The van der Waals surface area contributed by atoms with Gasteiger partial charge >= 0.3 is 0 Å². The van der Waals surface area contributed by atoms with Gasteiger partial charge in [0, 0.05) is 52.9 Å². The van der Waals surface area contributed by atoms with Gasteiger partial charge in [0.25, 0.3) is 0 Å². The van der Waals surface area contributed by atoms with E-state index >= 15 is 0 Å². The van der Waals surface area contributed by atoms with Gasteiger partial charge in [-0.25, -0.2) is 0 Å². The molecule has 1 saturated carbocycles. The van der Waals surface area contributed by atoms with Gasteiger partial charge in [0.05, 0.1) is 0 Å². The van der Waals surface area contributed by atoms with Gasteiger partial charge < -0.3 is 10.6 Å². The third-order valence-electron chi connectivity index (χ3n) is 4.78. The first-order valence-electron chi connectivity index (χ1n) is 9.60. The van der Waals surface area contributed by atoms with Crippen LogP contribution in [0, 0.1) is 6.92 Å². The highest BCUT2D eigenvalue weighted by Crippen LogP contribution is 2.23. The quantitative estimate of drug-likeness (QED) is 0.402. The van der Waals surface area contributed by atoms with Gasteiger partial charge in [0.2, 0.25) is 0 Å². The number of rotatable bonds is 8. The second-order valence-electron chi connectivity index (χ2n) is 6.84. The number of aliphatic imine (C=N–C) groups is 1. The van der Waals surface area contributed by atoms with Crippen LogP contribution in [-0.4, -0.2) is 46.6 Å². The average Bonchev–Trinajstić information content (AvgIpc) is 2.67. The molecule has 146 valence electrons. The Morgan fingerprint density at radius 1 is 1.31 bits per heavy atom. The van der Waals surface area contributed by atoms with Gasteiger partial charge in [-0.3, -0.25) is 9.20 Å². The molecule has 0 aliphatic heterocycles. The molecule has 26 heavy (non-hydrogen) atoms. The summed E-state index contributed by atoms with van der Waals surface area (Å²) in [5.41, 5.74) is 2.68. The summed E-state index contributed by atoms with van der Waals surface area (Å²) < 4.78 is 12.1. The van der Waals surface area contributed by atoms with Gasteiger partial charge in [-0.2, -0.15) is 11.8 Å². The summed E-state index contributed by atoms with van der Waals surface area (Å²) >= 11 is 1.93. The van der Waals surface area contributed by atoms with Crippen molar-refractivity contribution >= 4 is 28.5 Å². The minimum Gasteiger partial charge on any atom is -0.356 e. The van der Waals surface area contributed by atoms with Crippen LogP contribution in [0.1, 0.15) is 43.7 Å². The Morgan fingerprint density at radius 2 is 2.08 bits per heavy atom. The number of hydrogen-bond donors (Lipinski definition) is 2. The van der Waals surface area contributed by atoms with E-state index in [-0.39, 0.29) is 0 Å². The normalized spacial score (nSPS) is 22.0. The Balaban J connectivity index is 1.66. The highest BCUT2D eigenvalue weighted by Gasteiger charge is 2.25. The molecule has 1 aliphatic carbocycles. The minimum atomic E-state index is -0.682. The van der Waals surface area contributed by atoms with Gasteiger partial charge in [0.15, 0.2) is 5.96 Å². The summed E-state index contributed by atoms with van der Waals surface area (Å²) in [5.74, 6) is 3.72. The molecule has 4 nitrogen and oxygen atoms in total. The first-order chi connectivity index (χ1) is 12.6. The molecule has 1 fully saturated rings. The molecule has 0 radical (unpaired) electrons. The predicted molar refractivity (Wildman–Crippen MR) is 117 cm³/mol. The zero-order valence-electron chi connectivity index (χ0n) is 16.3. The van der Waals surface area contributed by atoms with Gasteiger partial charge in [-0.15, -0.1) is 0 Å². The molecule has 0 heterocycles. The number of benzene rings is 1. The number of nitrogens with one attached hydrogen (secondary N) is 2. The van der Waals surface area contributed by atoms with Crippen LogP contribution in [0.3, 0.4) is 0 Å². The average molecular weight is 396 g/mol. The SMILES string of the molecule is CCS(=O)C1CCCC(NC(=NC)NCCSCc2ccc(C)cc2)C1. The van der Waals surface area contributed by atoms with E-state index in [1.54, 1.807) is 0 Å². The fourth-order valence-corrected chi connectivity index (χ4v) is 5.42. The molecule has 0 bridgehead atoms. The molecule has 0 spiro atoms. The van der Waals surface area contributed by atoms with Gasteiger partial charge in [-0.05, 0) is 31.7 Å². The summed E-state index contributed by atoms with van der Waals surface area (Å²) in [4.78, 5) is 4.35. The molecule has 1 aromatic carbocycles. The fraction of sp³-hybridized carbons (Fsp3) is 0.650. The lowest BCUT2D eigenvalue weighted by Crippen LogP contribution is -2.47. The van der Waals surface area contributed by atoms with Crippen LogP contribution in [0.2, 0.25) is 0 Å². The van der Waals surface area contributed by atoms with E-state index in [0.717, 1.165) is 55.4 Å². The van der Waals surface area contributed by atoms with Crippen molar-refractivity contribution in [1.29, 1.82) is 0 Å². The summed E-state index contributed by atoms with van der Waals surface area (Å²) in [6.45, 7) is 5.03. The maximum Gasteiger partial charge on any atom is 0.191 e. The molecular formula is C20H33N3OS2. The van der Waals surface area contributed by atoms with Crippen LogP contribution in [0.5, 0.6) is 0 Å². The lowest BCUT2D eigenvalue weighted by atomic mass is 9.95. The van der Waals surface area contributed by atoms with Crippen molar-refractivity contribution in [2.75, 3.05) is 25.1 Å². The van der Waals surface area contributed by atoms with E-state index in [9.17, 15) is 4.21 Å². The Kier molecular flexibility index (Phi) is 9.54. The van der Waals surface area contributed by atoms with E-state index in [2.05, 4.69) is 46.8 Å².